The van der Waals surface area contributed by atoms with E-state index in [9.17, 15) is 13.2 Å². The minimum absolute atomic E-state index is 0.163. The number of hydrogen-bond acceptors (Lipinski definition) is 5. The average molecular weight is 314 g/mol. The number of amides is 1. The monoisotopic (exact) mass is 314 g/mol. The number of cyclic esters (lactones) is 1. The van der Waals surface area contributed by atoms with E-state index in [1.165, 1.54) is 17.0 Å². The van der Waals surface area contributed by atoms with Gasteiger partial charge in [0, 0.05) is 25.9 Å². The maximum Gasteiger partial charge on any atom is 0.414 e. The van der Waals surface area contributed by atoms with E-state index in [-0.39, 0.29) is 4.90 Å². The number of anilines is 1. The number of ether oxygens (including phenoxy) is 2. The van der Waals surface area contributed by atoms with Gasteiger partial charge in [0.2, 0.25) is 10.0 Å². The molecule has 21 heavy (non-hydrogen) atoms. The Hall–Kier alpha value is -1.64. The number of hydrogen-bond donors (Lipinski definition) is 1. The van der Waals surface area contributed by atoms with Gasteiger partial charge in [0.15, 0.2) is 0 Å². The van der Waals surface area contributed by atoms with E-state index in [0.717, 1.165) is 0 Å². The molecule has 1 aliphatic heterocycles. The Labute approximate surface area is 123 Å². The van der Waals surface area contributed by atoms with Crippen LogP contribution in [-0.2, 0) is 19.5 Å². The molecule has 1 aromatic carbocycles. The predicted molar refractivity (Wildman–Crippen MR) is 76.8 cm³/mol. The molecule has 1 N–H and O–H groups in total. The number of rotatable bonds is 7. The quantitative estimate of drug-likeness (QED) is 0.758. The lowest BCUT2D eigenvalue weighted by atomic mass is 10.3. The molecule has 0 unspecified atom stereocenters. The highest BCUT2D eigenvalue weighted by Gasteiger charge is 2.24. The van der Waals surface area contributed by atoms with Gasteiger partial charge in [-0.15, -0.1) is 0 Å². The van der Waals surface area contributed by atoms with Gasteiger partial charge in [-0.2, -0.15) is 0 Å². The summed E-state index contributed by atoms with van der Waals surface area (Å²) in [6.45, 7) is 1.63. The third-order valence-corrected chi connectivity index (χ3v) is 4.51. The number of carbonyl (C=O) groups excluding carboxylic acids is 1. The molecule has 8 heteroatoms. The second-order valence-electron chi connectivity index (χ2n) is 4.50. The molecular formula is C13H18N2O5S. The third-order valence-electron chi connectivity index (χ3n) is 3.04. The van der Waals surface area contributed by atoms with Crippen LogP contribution >= 0.6 is 0 Å². The molecule has 1 heterocycles. The molecule has 1 aliphatic rings. The van der Waals surface area contributed by atoms with E-state index in [2.05, 4.69) is 4.72 Å². The highest BCUT2D eigenvalue weighted by Crippen LogP contribution is 2.20. The Balaban J connectivity index is 2.02. The van der Waals surface area contributed by atoms with Crippen LogP contribution in [0.5, 0.6) is 0 Å². The second-order valence-corrected chi connectivity index (χ2v) is 6.27. The highest BCUT2D eigenvalue weighted by molar-refractivity contribution is 7.89. The standard InChI is InChI=1S/C13H18N2O5S/c1-19-9-2-7-14-21(17,18)12-5-3-11(4-6-12)15-8-10-20-13(15)16/h3-6,14H,2,7-10H2,1H3. The van der Waals surface area contributed by atoms with Crippen LogP contribution in [0.1, 0.15) is 6.42 Å². The molecule has 0 saturated carbocycles. The summed E-state index contributed by atoms with van der Waals surface area (Å²) < 4.78 is 36.3. The summed E-state index contributed by atoms with van der Waals surface area (Å²) in [6.07, 6.45) is 0.191. The fourth-order valence-electron chi connectivity index (χ4n) is 1.94. The number of sulfonamides is 1. The van der Waals surface area contributed by atoms with Gasteiger partial charge in [0.25, 0.3) is 0 Å². The number of methoxy groups -OCH3 is 1. The highest BCUT2D eigenvalue weighted by atomic mass is 32.2. The molecule has 2 rings (SSSR count). The van der Waals surface area contributed by atoms with Crippen LogP contribution in [0.25, 0.3) is 0 Å². The summed E-state index contributed by atoms with van der Waals surface area (Å²) in [5.74, 6) is 0. The zero-order valence-corrected chi connectivity index (χ0v) is 12.6. The fraction of sp³-hybridized carbons (Fsp3) is 0.462. The Morgan fingerprint density at radius 1 is 1.33 bits per heavy atom. The van der Waals surface area contributed by atoms with E-state index in [1.807, 2.05) is 0 Å². The largest absolute Gasteiger partial charge is 0.447 e. The van der Waals surface area contributed by atoms with E-state index >= 15 is 0 Å². The first-order valence-electron chi connectivity index (χ1n) is 6.57. The number of nitrogens with zero attached hydrogens (tertiary/aromatic N) is 1. The molecule has 0 spiro atoms. The molecule has 116 valence electrons. The van der Waals surface area contributed by atoms with Gasteiger partial charge in [-0.1, -0.05) is 0 Å². The van der Waals surface area contributed by atoms with Crippen LogP contribution in [0.4, 0.5) is 10.5 Å². The molecule has 1 saturated heterocycles. The molecular weight excluding hydrogens is 296 g/mol. The van der Waals surface area contributed by atoms with Crippen molar-refractivity contribution in [1.29, 1.82) is 0 Å². The smallest absolute Gasteiger partial charge is 0.414 e. The van der Waals surface area contributed by atoms with Crippen molar-refractivity contribution in [2.45, 2.75) is 11.3 Å². The summed E-state index contributed by atoms with van der Waals surface area (Å²) in [7, 11) is -1.97. The van der Waals surface area contributed by atoms with Crippen LogP contribution in [-0.4, -0.2) is 47.9 Å². The summed E-state index contributed by atoms with van der Waals surface area (Å²) in [5.41, 5.74) is 0.621. The summed E-state index contributed by atoms with van der Waals surface area (Å²) in [4.78, 5) is 13.0. The lowest BCUT2D eigenvalue weighted by Crippen LogP contribution is -2.26. The van der Waals surface area contributed by atoms with Crippen molar-refractivity contribution >= 4 is 21.8 Å². The topological polar surface area (TPSA) is 84.9 Å². The first-order valence-corrected chi connectivity index (χ1v) is 8.06. The summed E-state index contributed by atoms with van der Waals surface area (Å²) in [6, 6.07) is 6.13. The van der Waals surface area contributed by atoms with Crippen molar-refractivity contribution in [3.63, 3.8) is 0 Å². The van der Waals surface area contributed by atoms with Gasteiger partial charge in [0.05, 0.1) is 11.4 Å². The first-order chi connectivity index (χ1) is 10.0. The van der Waals surface area contributed by atoms with Crippen LogP contribution < -0.4 is 9.62 Å². The van der Waals surface area contributed by atoms with Gasteiger partial charge >= 0.3 is 6.09 Å². The third kappa shape index (κ3) is 3.93. The molecule has 0 bridgehead atoms. The molecule has 1 aromatic rings. The molecule has 0 atom stereocenters. The van der Waals surface area contributed by atoms with Gasteiger partial charge < -0.3 is 9.47 Å². The summed E-state index contributed by atoms with van der Waals surface area (Å²) in [5, 5.41) is 0. The fourth-order valence-corrected chi connectivity index (χ4v) is 3.01. The minimum Gasteiger partial charge on any atom is -0.447 e. The van der Waals surface area contributed by atoms with Crippen molar-refractivity contribution in [1.82, 2.24) is 4.72 Å². The maximum atomic E-state index is 12.0. The maximum absolute atomic E-state index is 12.0. The molecule has 0 aliphatic carbocycles. The zero-order valence-electron chi connectivity index (χ0n) is 11.7. The van der Waals surface area contributed by atoms with Gasteiger partial charge in [-0.25, -0.2) is 17.9 Å². The molecule has 7 nitrogen and oxygen atoms in total. The van der Waals surface area contributed by atoms with Crippen LogP contribution in [0.15, 0.2) is 29.2 Å². The van der Waals surface area contributed by atoms with Gasteiger partial charge in [-0.05, 0) is 30.7 Å². The molecule has 1 amide bonds. The van der Waals surface area contributed by atoms with Crippen LogP contribution in [0, 0.1) is 0 Å². The predicted octanol–water partition coefficient (Wildman–Crippen LogP) is 0.958. The van der Waals surface area contributed by atoms with E-state index in [4.69, 9.17) is 9.47 Å². The van der Waals surface area contributed by atoms with Gasteiger partial charge in [0.1, 0.15) is 6.61 Å². The first kappa shape index (κ1) is 15.7. The second kappa shape index (κ2) is 6.88. The Morgan fingerprint density at radius 2 is 2.05 bits per heavy atom. The lowest BCUT2D eigenvalue weighted by molar-refractivity contribution is 0.181. The van der Waals surface area contributed by atoms with Crippen LogP contribution in [0.2, 0.25) is 0 Å². The van der Waals surface area contributed by atoms with Crippen molar-refractivity contribution in [3.8, 4) is 0 Å². The van der Waals surface area contributed by atoms with Crippen molar-refractivity contribution in [2.24, 2.45) is 0 Å². The van der Waals surface area contributed by atoms with E-state index in [1.54, 1.807) is 19.2 Å². The van der Waals surface area contributed by atoms with Crippen LogP contribution in [0.3, 0.4) is 0 Å². The Kier molecular flexibility index (Phi) is 5.16. The van der Waals surface area contributed by atoms with E-state index in [0.29, 0.717) is 38.4 Å². The normalized spacial score (nSPS) is 15.3. The van der Waals surface area contributed by atoms with Crippen molar-refractivity contribution in [2.75, 3.05) is 38.3 Å². The van der Waals surface area contributed by atoms with Gasteiger partial charge in [-0.3, -0.25) is 4.90 Å². The molecule has 0 radical (unpaired) electrons. The minimum atomic E-state index is -3.53. The molecule has 1 fully saturated rings. The number of nitrogens with one attached hydrogen (secondary N) is 1. The average Bonchev–Trinajstić information content (AvgIpc) is 2.90. The Bertz CT molecular complexity index is 585. The SMILES string of the molecule is COCCCNS(=O)(=O)c1ccc(N2CCOC2=O)cc1. The zero-order chi connectivity index (χ0) is 15.3. The van der Waals surface area contributed by atoms with Crippen molar-refractivity contribution < 1.29 is 22.7 Å². The van der Waals surface area contributed by atoms with Crippen molar-refractivity contribution in [3.05, 3.63) is 24.3 Å². The number of benzene rings is 1. The lowest BCUT2D eigenvalue weighted by Gasteiger charge is -2.13. The van der Waals surface area contributed by atoms with E-state index < -0.39 is 16.1 Å². The number of carbonyl (C=O) groups is 1. The molecule has 0 aromatic heterocycles. The Morgan fingerprint density at radius 3 is 2.62 bits per heavy atom. The summed E-state index contributed by atoms with van der Waals surface area (Å²) >= 11 is 0.